The monoisotopic (exact) mass is 308 g/mol. The molecule has 0 aliphatic carbocycles. The fraction of sp³-hybridized carbons (Fsp3) is 0.417. The Bertz CT molecular complexity index is 507. The van der Waals surface area contributed by atoms with Crippen molar-refractivity contribution in [2.24, 2.45) is 5.92 Å². The molecule has 1 aromatic rings. The summed E-state index contributed by atoms with van der Waals surface area (Å²) >= 11 is 0.945. The molecule has 0 radical (unpaired) electrons. The summed E-state index contributed by atoms with van der Waals surface area (Å²) < 4.78 is 37.5. The molecule has 0 fully saturated rings. The number of carbonyl (C=O) groups excluding carboxylic acids is 2. The first-order chi connectivity index (χ1) is 9.20. The molecule has 2 atom stereocenters. The number of hydrogen-bond acceptors (Lipinski definition) is 4. The predicted octanol–water partition coefficient (Wildman–Crippen LogP) is 2.64. The number of thiophene rings is 1. The summed E-state index contributed by atoms with van der Waals surface area (Å²) in [4.78, 5) is 34.3. The Morgan fingerprint density at radius 2 is 1.95 bits per heavy atom. The van der Waals surface area contributed by atoms with Crippen LogP contribution in [-0.2, 0) is 14.4 Å². The molecule has 1 heterocycles. The molecule has 1 rings (SSSR count). The number of alkyl halides is 3. The van der Waals surface area contributed by atoms with Gasteiger partial charge in [-0.2, -0.15) is 13.2 Å². The molecule has 1 N–H and O–H groups in total. The Morgan fingerprint density at radius 1 is 1.35 bits per heavy atom. The van der Waals surface area contributed by atoms with Gasteiger partial charge in [-0.15, -0.1) is 11.3 Å². The molecule has 8 heteroatoms. The highest BCUT2D eigenvalue weighted by atomic mass is 32.1. The summed E-state index contributed by atoms with van der Waals surface area (Å²) in [5.74, 6) is -9.12. The van der Waals surface area contributed by atoms with E-state index >= 15 is 0 Å². The minimum Gasteiger partial charge on any atom is -0.481 e. The standard InChI is InChI=1S/C12H11F3O4S/c1-2-6(16)8(7-4-3-5-20-7)9(11(18)19)10(17)12(13,14)15/h3-5,8-9H,2H2,1H3,(H,18,19). The van der Waals surface area contributed by atoms with Crippen LogP contribution in [0.25, 0.3) is 0 Å². The zero-order valence-corrected chi connectivity index (χ0v) is 11.1. The van der Waals surface area contributed by atoms with Gasteiger partial charge in [0.15, 0.2) is 0 Å². The van der Waals surface area contributed by atoms with Gasteiger partial charge in [-0.3, -0.25) is 14.4 Å². The second-order valence-electron chi connectivity index (χ2n) is 3.99. The maximum atomic E-state index is 12.5. The van der Waals surface area contributed by atoms with Crippen LogP contribution >= 0.6 is 11.3 Å². The summed E-state index contributed by atoms with van der Waals surface area (Å²) in [6, 6.07) is 2.83. The van der Waals surface area contributed by atoms with Crippen LogP contribution in [0.4, 0.5) is 13.2 Å². The van der Waals surface area contributed by atoms with Gasteiger partial charge in [0, 0.05) is 11.3 Å². The molecule has 20 heavy (non-hydrogen) atoms. The molecule has 0 saturated heterocycles. The molecule has 1 aromatic heterocycles. The van der Waals surface area contributed by atoms with Gasteiger partial charge in [0.2, 0.25) is 0 Å². The van der Waals surface area contributed by atoms with Crippen LogP contribution in [-0.4, -0.2) is 28.8 Å². The van der Waals surface area contributed by atoms with E-state index in [1.807, 2.05) is 0 Å². The van der Waals surface area contributed by atoms with Crippen molar-refractivity contribution in [3.63, 3.8) is 0 Å². The van der Waals surface area contributed by atoms with Crippen molar-refractivity contribution in [1.82, 2.24) is 0 Å². The highest BCUT2D eigenvalue weighted by Gasteiger charge is 2.51. The number of halogens is 3. The average molecular weight is 308 g/mol. The molecule has 2 unspecified atom stereocenters. The van der Waals surface area contributed by atoms with Crippen LogP contribution in [0.5, 0.6) is 0 Å². The Morgan fingerprint density at radius 3 is 2.30 bits per heavy atom. The summed E-state index contributed by atoms with van der Waals surface area (Å²) in [5, 5.41) is 10.5. The average Bonchev–Trinajstić information content (AvgIpc) is 2.85. The van der Waals surface area contributed by atoms with E-state index in [4.69, 9.17) is 5.11 Å². The van der Waals surface area contributed by atoms with Crippen LogP contribution in [0.3, 0.4) is 0 Å². The molecule has 4 nitrogen and oxygen atoms in total. The third-order valence-electron chi connectivity index (χ3n) is 2.71. The van der Waals surface area contributed by atoms with Gasteiger partial charge in [0.05, 0.1) is 5.92 Å². The third kappa shape index (κ3) is 3.44. The molecule has 0 aliphatic rings. The summed E-state index contributed by atoms with van der Waals surface area (Å²) in [5.41, 5.74) is 0. The van der Waals surface area contributed by atoms with E-state index in [1.165, 1.54) is 24.4 Å². The molecule has 0 aromatic carbocycles. The molecule has 0 amide bonds. The SMILES string of the molecule is CCC(=O)C(c1cccs1)C(C(=O)O)C(=O)C(F)(F)F. The number of hydrogen-bond donors (Lipinski definition) is 1. The van der Waals surface area contributed by atoms with Gasteiger partial charge in [-0.25, -0.2) is 0 Å². The predicted molar refractivity (Wildman–Crippen MR) is 64.5 cm³/mol. The van der Waals surface area contributed by atoms with E-state index in [-0.39, 0.29) is 11.3 Å². The number of aliphatic carboxylic acids is 1. The maximum absolute atomic E-state index is 12.5. The van der Waals surface area contributed by atoms with E-state index < -0.39 is 35.5 Å². The fourth-order valence-electron chi connectivity index (χ4n) is 1.78. The summed E-state index contributed by atoms with van der Waals surface area (Å²) in [6.07, 6.45) is -5.45. The highest BCUT2D eigenvalue weighted by Crippen LogP contribution is 2.35. The van der Waals surface area contributed by atoms with Crippen molar-refractivity contribution in [3.8, 4) is 0 Å². The fourth-order valence-corrected chi connectivity index (χ4v) is 2.66. The van der Waals surface area contributed by atoms with Crippen molar-refractivity contribution in [2.45, 2.75) is 25.4 Å². The first-order valence-electron chi connectivity index (χ1n) is 5.60. The van der Waals surface area contributed by atoms with E-state index in [0.29, 0.717) is 0 Å². The molecular weight excluding hydrogens is 297 g/mol. The lowest BCUT2D eigenvalue weighted by Crippen LogP contribution is -2.41. The lowest BCUT2D eigenvalue weighted by molar-refractivity contribution is -0.181. The smallest absolute Gasteiger partial charge is 0.450 e. The first-order valence-corrected chi connectivity index (χ1v) is 6.48. The highest BCUT2D eigenvalue weighted by molar-refractivity contribution is 7.10. The zero-order chi connectivity index (χ0) is 15.5. The topological polar surface area (TPSA) is 71.4 Å². The van der Waals surface area contributed by atoms with E-state index in [0.717, 1.165) is 11.3 Å². The Kier molecular flexibility index (Phi) is 5.04. The molecular formula is C12H11F3O4S. The van der Waals surface area contributed by atoms with Gasteiger partial charge in [0.25, 0.3) is 5.78 Å². The number of ketones is 2. The molecule has 0 bridgehead atoms. The Hall–Kier alpha value is -1.70. The van der Waals surface area contributed by atoms with Gasteiger partial charge in [0.1, 0.15) is 11.7 Å². The van der Waals surface area contributed by atoms with Crippen molar-refractivity contribution < 1.29 is 32.7 Å². The molecule has 0 saturated carbocycles. The van der Waals surface area contributed by atoms with Gasteiger partial charge < -0.3 is 5.11 Å². The van der Waals surface area contributed by atoms with Crippen LogP contribution < -0.4 is 0 Å². The van der Waals surface area contributed by atoms with Crippen molar-refractivity contribution in [1.29, 1.82) is 0 Å². The minimum absolute atomic E-state index is 0.141. The molecule has 0 aliphatic heterocycles. The zero-order valence-electron chi connectivity index (χ0n) is 10.3. The van der Waals surface area contributed by atoms with Crippen molar-refractivity contribution in [2.75, 3.05) is 0 Å². The maximum Gasteiger partial charge on any atom is 0.450 e. The normalized spacial score (nSPS) is 14.6. The second-order valence-corrected chi connectivity index (χ2v) is 4.97. The number of carboxylic acid groups (broad SMARTS) is 1. The second kappa shape index (κ2) is 6.17. The first kappa shape index (κ1) is 16.4. The number of carbonyl (C=O) groups is 3. The lowest BCUT2D eigenvalue weighted by atomic mass is 9.83. The van der Waals surface area contributed by atoms with Crippen LogP contribution in [0.2, 0.25) is 0 Å². The largest absolute Gasteiger partial charge is 0.481 e. The van der Waals surface area contributed by atoms with Gasteiger partial charge >= 0.3 is 12.1 Å². The van der Waals surface area contributed by atoms with E-state index in [1.54, 1.807) is 0 Å². The third-order valence-corrected chi connectivity index (χ3v) is 3.66. The number of carboxylic acids is 1. The van der Waals surface area contributed by atoms with Crippen LogP contribution in [0.1, 0.15) is 24.1 Å². The van der Waals surface area contributed by atoms with Crippen LogP contribution in [0.15, 0.2) is 17.5 Å². The van der Waals surface area contributed by atoms with Crippen molar-refractivity contribution >= 4 is 28.9 Å². The van der Waals surface area contributed by atoms with Gasteiger partial charge in [-0.1, -0.05) is 13.0 Å². The van der Waals surface area contributed by atoms with E-state index in [2.05, 4.69) is 0 Å². The number of rotatable bonds is 6. The molecule has 110 valence electrons. The Labute approximate surface area is 116 Å². The lowest BCUT2D eigenvalue weighted by Gasteiger charge is -2.21. The van der Waals surface area contributed by atoms with Crippen molar-refractivity contribution in [3.05, 3.63) is 22.4 Å². The summed E-state index contributed by atoms with van der Waals surface area (Å²) in [7, 11) is 0. The molecule has 0 spiro atoms. The summed E-state index contributed by atoms with van der Waals surface area (Å²) in [6.45, 7) is 1.40. The minimum atomic E-state index is -5.30. The number of Topliss-reactive ketones (excluding diaryl/α,β-unsaturated/α-hetero) is 2. The van der Waals surface area contributed by atoms with Crippen LogP contribution in [0, 0.1) is 5.92 Å². The quantitative estimate of drug-likeness (QED) is 0.820. The Balaban J connectivity index is 3.30. The van der Waals surface area contributed by atoms with E-state index in [9.17, 15) is 27.6 Å². The van der Waals surface area contributed by atoms with Gasteiger partial charge in [-0.05, 0) is 11.4 Å².